The fraction of sp³-hybridized carbons (Fsp3) is 0.250. The SMILES string of the molecule is OCC1CCCN(Cc2ccc(-c3noc(-c4nnn(-c5ccccc5F)c4-c4ccncc4)n3)cc2)C1. The third-order valence-corrected chi connectivity index (χ3v) is 6.81. The minimum Gasteiger partial charge on any atom is -0.396 e. The lowest BCUT2D eigenvalue weighted by Gasteiger charge is -2.31. The molecular formula is C28H26FN7O2. The summed E-state index contributed by atoms with van der Waals surface area (Å²) in [6, 6.07) is 18.0. The summed E-state index contributed by atoms with van der Waals surface area (Å²) in [5.41, 5.74) is 3.84. The van der Waals surface area contributed by atoms with E-state index in [2.05, 4.69) is 42.5 Å². The van der Waals surface area contributed by atoms with Crippen LogP contribution in [0.15, 0.2) is 77.6 Å². The molecule has 192 valence electrons. The van der Waals surface area contributed by atoms with E-state index in [1.165, 1.54) is 16.3 Å². The highest BCUT2D eigenvalue weighted by Crippen LogP contribution is 2.32. The molecule has 2 aromatic carbocycles. The van der Waals surface area contributed by atoms with E-state index in [-0.39, 0.29) is 18.2 Å². The van der Waals surface area contributed by atoms with Crippen LogP contribution in [0.4, 0.5) is 4.39 Å². The average Bonchev–Trinajstić information content (AvgIpc) is 3.62. The number of aliphatic hydroxyl groups excluding tert-OH is 1. The minimum absolute atomic E-state index is 0.182. The molecule has 0 bridgehead atoms. The molecule has 1 fully saturated rings. The second kappa shape index (κ2) is 10.6. The largest absolute Gasteiger partial charge is 0.396 e. The van der Waals surface area contributed by atoms with Crippen molar-refractivity contribution in [3.63, 3.8) is 0 Å². The predicted octanol–water partition coefficient (Wildman–Crippen LogP) is 4.39. The van der Waals surface area contributed by atoms with Gasteiger partial charge in [-0.3, -0.25) is 9.88 Å². The summed E-state index contributed by atoms with van der Waals surface area (Å²) in [4.78, 5) is 11.1. The average molecular weight is 512 g/mol. The van der Waals surface area contributed by atoms with Crippen LogP contribution in [0.25, 0.3) is 39.9 Å². The summed E-state index contributed by atoms with van der Waals surface area (Å²) in [6.07, 6.45) is 5.49. The first-order chi connectivity index (χ1) is 18.7. The van der Waals surface area contributed by atoms with E-state index in [9.17, 15) is 9.50 Å². The lowest BCUT2D eigenvalue weighted by Crippen LogP contribution is -2.36. The van der Waals surface area contributed by atoms with Crippen molar-refractivity contribution >= 4 is 0 Å². The fourth-order valence-electron chi connectivity index (χ4n) is 4.89. The quantitative estimate of drug-likeness (QED) is 0.343. The highest BCUT2D eigenvalue weighted by molar-refractivity contribution is 5.76. The zero-order valence-electron chi connectivity index (χ0n) is 20.6. The van der Waals surface area contributed by atoms with Crippen molar-refractivity contribution in [1.82, 2.24) is 35.0 Å². The maximum Gasteiger partial charge on any atom is 0.281 e. The zero-order valence-corrected chi connectivity index (χ0v) is 20.6. The highest BCUT2D eigenvalue weighted by atomic mass is 19.1. The van der Waals surface area contributed by atoms with E-state index < -0.39 is 5.82 Å². The van der Waals surface area contributed by atoms with Crippen molar-refractivity contribution in [1.29, 1.82) is 0 Å². The van der Waals surface area contributed by atoms with E-state index in [1.807, 2.05) is 12.1 Å². The molecule has 9 nitrogen and oxygen atoms in total. The summed E-state index contributed by atoms with van der Waals surface area (Å²) in [7, 11) is 0. The van der Waals surface area contributed by atoms with Crippen LogP contribution in [0.3, 0.4) is 0 Å². The molecule has 0 aliphatic carbocycles. The molecule has 0 saturated carbocycles. The summed E-state index contributed by atoms with van der Waals surface area (Å²) >= 11 is 0. The van der Waals surface area contributed by atoms with Gasteiger partial charge < -0.3 is 9.63 Å². The molecule has 3 aromatic heterocycles. The van der Waals surface area contributed by atoms with Gasteiger partial charge in [0.15, 0.2) is 5.69 Å². The van der Waals surface area contributed by atoms with Crippen LogP contribution in [0, 0.1) is 11.7 Å². The van der Waals surface area contributed by atoms with Gasteiger partial charge in [0.25, 0.3) is 5.89 Å². The Hall–Kier alpha value is -4.28. The number of hydrogen-bond acceptors (Lipinski definition) is 8. The third-order valence-electron chi connectivity index (χ3n) is 6.81. The van der Waals surface area contributed by atoms with Crippen LogP contribution in [0.2, 0.25) is 0 Å². The summed E-state index contributed by atoms with van der Waals surface area (Å²) in [6.45, 7) is 3.04. The topological polar surface area (TPSA) is 106 Å². The van der Waals surface area contributed by atoms with Crippen molar-refractivity contribution in [2.24, 2.45) is 5.92 Å². The van der Waals surface area contributed by atoms with E-state index in [4.69, 9.17) is 4.52 Å². The van der Waals surface area contributed by atoms with Gasteiger partial charge in [-0.2, -0.15) is 4.98 Å². The Bertz CT molecular complexity index is 1520. The molecule has 0 radical (unpaired) electrons. The van der Waals surface area contributed by atoms with E-state index in [1.54, 1.807) is 42.7 Å². The van der Waals surface area contributed by atoms with Gasteiger partial charge in [-0.05, 0) is 55.1 Å². The Morgan fingerprint density at radius 1 is 1.00 bits per heavy atom. The number of likely N-dealkylation sites (tertiary alicyclic amines) is 1. The van der Waals surface area contributed by atoms with Crippen molar-refractivity contribution < 1.29 is 14.0 Å². The highest BCUT2D eigenvalue weighted by Gasteiger charge is 2.24. The standard InChI is InChI=1S/C28H26FN7O2/c29-23-5-1-2-6-24(23)36-26(21-11-13-30-14-12-21)25(32-34-36)28-31-27(33-38-28)22-9-7-19(8-10-22)16-35-15-3-4-20(17-35)18-37/h1-2,5-14,20,37H,3-4,15-18H2. The Balaban J connectivity index is 1.29. The van der Waals surface area contributed by atoms with Crippen molar-refractivity contribution in [3.05, 3.63) is 84.4 Å². The van der Waals surface area contributed by atoms with Crippen LogP contribution in [-0.2, 0) is 6.54 Å². The number of nitrogens with zero attached hydrogens (tertiary/aromatic N) is 7. The summed E-state index contributed by atoms with van der Waals surface area (Å²) in [5, 5.41) is 22.2. The number of rotatable bonds is 7. The molecule has 1 atom stereocenters. The number of halogens is 1. The predicted molar refractivity (Wildman–Crippen MR) is 138 cm³/mol. The van der Waals surface area contributed by atoms with E-state index >= 15 is 0 Å². The molecule has 1 N–H and O–H groups in total. The van der Waals surface area contributed by atoms with Crippen LogP contribution in [-0.4, -0.2) is 59.8 Å². The van der Waals surface area contributed by atoms with Gasteiger partial charge >= 0.3 is 0 Å². The lowest BCUT2D eigenvalue weighted by atomic mass is 9.98. The third kappa shape index (κ3) is 4.83. The Morgan fingerprint density at radius 2 is 1.82 bits per heavy atom. The number of benzene rings is 2. The van der Waals surface area contributed by atoms with Crippen LogP contribution in [0.5, 0.6) is 0 Å². The van der Waals surface area contributed by atoms with E-state index in [0.717, 1.165) is 43.6 Å². The summed E-state index contributed by atoms with van der Waals surface area (Å²) < 4.78 is 21.7. The number of pyridine rings is 1. The number of aliphatic hydroxyl groups is 1. The van der Waals surface area contributed by atoms with Crippen LogP contribution in [0.1, 0.15) is 18.4 Å². The maximum atomic E-state index is 14.7. The number of aromatic nitrogens is 6. The van der Waals surface area contributed by atoms with E-state index in [0.29, 0.717) is 23.1 Å². The second-order valence-corrected chi connectivity index (χ2v) is 9.43. The normalized spacial score (nSPS) is 16.1. The Labute approximate surface area is 218 Å². The van der Waals surface area contributed by atoms with Gasteiger partial charge in [0.05, 0.1) is 0 Å². The number of hydrogen-bond donors (Lipinski definition) is 1. The molecule has 1 unspecified atom stereocenters. The maximum absolute atomic E-state index is 14.7. The molecule has 1 saturated heterocycles. The molecule has 6 rings (SSSR count). The molecule has 0 spiro atoms. The number of piperidine rings is 1. The first-order valence-electron chi connectivity index (χ1n) is 12.6. The van der Waals surface area contributed by atoms with Gasteiger partial charge in [-0.15, -0.1) is 5.10 Å². The molecule has 1 aliphatic rings. The monoisotopic (exact) mass is 511 g/mol. The minimum atomic E-state index is -0.429. The Kier molecular flexibility index (Phi) is 6.72. The zero-order chi connectivity index (χ0) is 25.9. The van der Waals surface area contributed by atoms with Gasteiger partial charge in [0.2, 0.25) is 5.82 Å². The van der Waals surface area contributed by atoms with Crippen molar-refractivity contribution in [2.75, 3.05) is 19.7 Å². The molecule has 0 amide bonds. The molecule has 38 heavy (non-hydrogen) atoms. The second-order valence-electron chi connectivity index (χ2n) is 9.43. The fourth-order valence-corrected chi connectivity index (χ4v) is 4.89. The lowest BCUT2D eigenvalue weighted by molar-refractivity contribution is 0.116. The number of para-hydroxylation sites is 1. The van der Waals surface area contributed by atoms with Gasteiger partial charge in [-0.1, -0.05) is 46.8 Å². The van der Waals surface area contributed by atoms with Gasteiger partial charge in [-0.25, -0.2) is 9.07 Å². The Morgan fingerprint density at radius 3 is 2.61 bits per heavy atom. The van der Waals surface area contributed by atoms with Crippen LogP contribution < -0.4 is 0 Å². The first kappa shape index (κ1) is 24.1. The molecular weight excluding hydrogens is 485 g/mol. The summed E-state index contributed by atoms with van der Waals surface area (Å²) in [5.74, 6) is 0.531. The van der Waals surface area contributed by atoms with Crippen molar-refractivity contribution in [3.8, 4) is 39.9 Å². The van der Waals surface area contributed by atoms with Crippen molar-refractivity contribution in [2.45, 2.75) is 19.4 Å². The van der Waals surface area contributed by atoms with Gasteiger partial charge in [0, 0.05) is 43.2 Å². The smallest absolute Gasteiger partial charge is 0.281 e. The van der Waals surface area contributed by atoms with Gasteiger partial charge in [0.1, 0.15) is 17.2 Å². The van der Waals surface area contributed by atoms with Crippen LogP contribution >= 0.6 is 0 Å². The molecule has 1 aliphatic heterocycles. The molecule has 10 heteroatoms. The molecule has 4 heterocycles. The molecule has 5 aromatic rings. The first-order valence-corrected chi connectivity index (χ1v) is 12.6.